The van der Waals surface area contributed by atoms with E-state index in [1.165, 1.54) is 23.5 Å². The van der Waals surface area contributed by atoms with Crippen molar-refractivity contribution >= 4 is 39.2 Å². The molecule has 0 saturated carbocycles. The van der Waals surface area contributed by atoms with E-state index < -0.39 is 28.5 Å². The van der Waals surface area contributed by atoms with Crippen molar-refractivity contribution < 1.29 is 22.7 Å². The van der Waals surface area contributed by atoms with Gasteiger partial charge in [0.05, 0.1) is 15.5 Å². The lowest BCUT2D eigenvalue weighted by Crippen LogP contribution is -2.27. The van der Waals surface area contributed by atoms with E-state index >= 15 is 0 Å². The maximum atomic E-state index is 13.0. The number of nitrogens with zero attached hydrogens (tertiary/aromatic N) is 1. The lowest BCUT2D eigenvalue weighted by molar-refractivity contribution is -0.119. The molecular weight excluding hydrogens is 464 g/mol. The maximum Gasteiger partial charge on any atom is 0.340 e. The van der Waals surface area contributed by atoms with Crippen LogP contribution in [-0.2, 0) is 26.1 Å². The second kappa shape index (κ2) is 10.6. The molecule has 0 bridgehead atoms. The van der Waals surface area contributed by atoms with Gasteiger partial charge < -0.3 is 10.1 Å². The van der Waals surface area contributed by atoms with Gasteiger partial charge in [-0.2, -0.15) is 4.31 Å². The molecule has 1 N–H and O–H groups in total. The SMILES string of the molecule is Cc1ccc(NC(=O)COC(=O)c2cc(S(=O)(=O)N(C)Cc3ccccc3)ccc2Cl)cc1. The number of esters is 1. The van der Waals surface area contributed by atoms with Crippen molar-refractivity contribution in [1.82, 2.24) is 4.31 Å². The summed E-state index contributed by atoms with van der Waals surface area (Å²) >= 11 is 6.10. The van der Waals surface area contributed by atoms with Crippen LogP contribution in [0.25, 0.3) is 0 Å². The summed E-state index contributed by atoms with van der Waals surface area (Å²) in [7, 11) is -2.45. The molecule has 0 saturated heterocycles. The molecule has 0 fully saturated rings. The molecule has 172 valence electrons. The fourth-order valence-corrected chi connectivity index (χ4v) is 4.35. The normalized spacial score (nSPS) is 11.3. The summed E-state index contributed by atoms with van der Waals surface area (Å²) in [5, 5.41) is 2.63. The summed E-state index contributed by atoms with van der Waals surface area (Å²) in [5.41, 5.74) is 2.28. The summed E-state index contributed by atoms with van der Waals surface area (Å²) in [4.78, 5) is 24.5. The van der Waals surface area contributed by atoms with Crippen molar-refractivity contribution in [3.63, 3.8) is 0 Å². The van der Waals surface area contributed by atoms with Crippen molar-refractivity contribution in [2.45, 2.75) is 18.4 Å². The number of amides is 1. The van der Waals surface area contributed by atoms with Crippen LogP contribution in [0.5, 0.6) is 0 Å². The highest BCUT2D eigenvalue weighted by Gasteiger charge is 2.24. The Morgan fingerprint density at radius 2 is 1.67 bits per heavy atom. The van der Waals surface area contributed by atoms with Gasteiger partial charge in [-0.1, -0.05) is 59.6 Å². The van der Waals surface area contributed by atoms with Gasteiger partial charge in [-0.15, -0.1) is 0 Å². The first-order valence-corrected chi connectivity index (χ1v) is 11.8. The van der Waals surface area contributed by atoms with Crippen LogP contribution in [0.15, 0.2) is 77.7 Å². The average Bonchev–Trinajstić information content (AvgIpc) is 2.80. The van der Waals surface area contributed by atoms with Gasteiger partial charge in [0, 0.05) is 19.3 Å². The summed E-state index contributed by atoms with van der Waals surface area (Å²) in [5.74, 6) is -1.43. The van der Waals surface area contributed by atoms with Crippen molar-refractivity contribution in [1.29, 1.82) is 0 Å². The highest BCUT2D eigenvalue weighted by atomic mass is 35.5. The van der Waals surface area contributed by atoms with E-state index in [9.17, 15) is 18.0 Å². The van der Waals surface area contributed by atoms with E-state index in [4.69, 9.17) is 16.3 Å². The Balaban J connectivity index is 1.68. The maximum absolute atomic E-state index is 13.0. The third-order valence-electron chi connectivity index (χ3n) is 4.78. The number of aryl methyl sites for hydroxylation is 1. The Bertz CT molecular complexity index is 1250. The number of carbonyl (C=O) groups is 2. The summed E-state index contributed by atoms with van der Waals surface area (Å²) in [6.45, 7) is 1.53. The third kappa shape index (κ3) is 6.41. The first kappa shape index (κ1) is 24.4. The summed E-state index contributed by atoms with van der Waals surface area (Å²) in [6.07, 6.45) is 0. The number of hydrogen-bond donors (Lipinski definition) is 1. The summed E-state index contributed by atoms with van der Waals surface area (Å²) in [6, 6.07) is 20.0. The van der Waals surface area contributed by atoms with Crippen LogP contribution < -0.4 is 5.32 Å². The van der Waals surface area contributed by atoms with E-state index in [1.807, 2.05) is 49.4 Å². The second-order valence-corrected chi connectivity index (χ2v) is 9.83. The standard InChI is InChI=1S/C24H23ClN2O5S/c1-17-8-10-19(11-9-17)26-23(28)16-32-24(29)21-14-20(12-13-22(21)25)33(30,31)27(2)15-18-6-4-3-5-7-18/h3-14H,15-16H2,1-2H3,(H,26,28). The Kier molecular flexibility index (Phi) is 7.86. The predicted octanol–water partition coefficient (Wildman–Crippen LogP) is 4.26. The number of halogens is 1. The van der Waals surface area contributed by atoms with Crippen LogP contribution in [0.1, 0.15) is 21.5 Å². The molecule has 7 nitrogen and oxygen atoms in total. The number of nitrogens with one attached hydrogen (secondary N) is 1. The van der Waals surface area contributed by atoms with E-state index in [1.54, 1.807) is 12.1 Å². The zero-order valence-electron chi connectivity index (χ0n) is 18.1. The van der Waals surface area contributed by atoms with Crippen LogP contribution in [0.3, 0.4) is 0 Å². The predicted molar refractivity (Wildman–Crippen MR) is 127 cm³/mol. The number of sulfonamides is 1. The smallest absolute Gasteiger partial charge is 0.340 e. The van der Waals surface area contributed by atoms with Crippen LogP contribution in [0, 0.1) is 6.92 Å². The molecule has 1 amide bonds. The van der Waals surface area contributed by atoms with Gasteiger partial charge in [0.25, 0.3) is 5.91 Å². The molecule has 0 aliphatic rings. The molecule has 3 rings (SSSR count). The molecule has 0 heterocycles. The fraction of sp³-hybridized carbons (Fsp3) is 0.167. The molecular formula is C24H23ClN2O5S. The molecule has 0 radical (unpaired) electrons. The minimum Gasteiger partial charge on any atom is -0.452 e. The van der Waals surface area contributed by atoms with Gasteiger partial charge in [0.1, 0.15) is 0 Å². The largest absolute Gasteiger partial charge is 0.452 e. The first-order valence-electron chi connectivity index (χ1n) is 10.0. The fourth-order valence-electron chi connectivity index (χ4n) is 2.97. The molecule has 9 heteroatoms. The number of anilines is 1. The molecule has 0 aliphatic heterocycles. The van der Waals surface area contributed by atoms with Crippen molar-refractivity contribution in [2.24, 2.45) is 0 Å². The minimum absolute atomic E-state index is 0.0172. The van der Waals surface area contributed by atoms with Crippen LogP contribution in [0.4, 0.5) is 5.69 Å². The molecule has 0 atom stereocenters. The van der Waals surface area contributed by atoms with Crippen molar-refractivity contribution in [3.8, 4) is 0 Å². The molecule has 0 aliphatic carbocycles. The molecule has 3 aromatic rings. The lowest BCUT2D eigenvalue weighted by atomic mass is 10.2. The molecule has 0 aromatic heterocycles. The highest BCUT2D eigenvalue weighted by Crippen LogP contribution is 2.24. The minimum atomic E-state index is -3.90. The summed E-state index contributed by atoms with van der Waals surface area (Å²) < 4.78 is 32.2. The van der Waals surface area contributed by atoms with E-state index in [0.717, 1.165) is 17.2 Å². The van der Waals surface area contributed by atoms with Gasteiger partial charge in [0.2, 0.25) is 10.0 Å². The van der Waals surface area contributed by atoms with Gasteiger partial charge in [-0.3, -0.25) is 4.79 Å². The highest BCUT2D eigenvalue weighted by molar-refractivity contribution is 7.89. The molecule has 0 spiro atoms. The molecule has 3 aromatic carbocycles. The monoisotopic (exact) mass is 486 g/mol. The van der Waals surface area contributed by atoms with Crippen molar-refractivity contribution in [2.75, 3.05) is 19.0 Å². The molecule has 0 unspecified atom stereocenters. The van der Waals surface area contributed by atoms with Crippen LogP contribution >= 0.6 is 11.6 Å². The number of rotatable bonds is 8. The number of benzene rings is 3. The Morgan fingerprint density at radius 1 is 1.00 bits per heavy atom. The zero-order valence-corrected chi connectivity index (χ0v) is 19.7. The van der Waals surface area contributed by atoms with Gasteiger partial charge in [-0.05, 0) is 42.8 Å². The molecule has 33 heavy (non-hydrogen) atoms. The quantitative estimate of drug-likeness (QED) is 0.480. The average molecular weight is 487 g/mol. The van der Waals surface area contributed by atoms with E-state index in [0.29, 0.717) is 5.69 Å². The van der Waals surface area contributed by atoms with Gasteiger partial charge >= 0.3 is 5.97 Å². The Labute approximate surface area is 198 Å². The Morgan fingerprint density at radius 3 is 2.33 bits per heavy atom. The Hall–Kier alpha value is -3.20. The van der Waals surface area contributed by atoms with E-state index in [2.05, 4.69) is 5.32 Å². The van der Waals surface area contributed by atoms with Gasteiger partial charge in [-0.25, -0.2) is 13.2 Å². The second-order valence-electron chi connectivity index (χ2n) is 7.38. The van der Waals surface area contributed by atoms with Crippen LogP contribution in [0.2, 0.25) is 5.02 Å². The van der Waals surface area contributed by atoms with Crippen LogP contribution in [-0.4, -0.2) is 38.3 Å². The first-order chi connectivity index (χ1) is 15.7. The number of ether oxygens (including phenoxy) is 1. The zero-order chi connectivity index (χ0) is 24.0. The topological polar surface area (TPSA) is 92.8 Å². The lowest BCUT2D eigenvalue weighted by Gasteiger charge is -2.18. The van der Waals surface area contributed by atoms with Crippen molar-refractivity contribution in [3.05, 3.63) is 94.5 Å². The number of carbonyl (C=O) groups excluding carboxylic acids is 2. The van der Waals surface area contributed by atoms with E-state index in [-0.39, 0.29) is 22.0 Å². The van der Waals surface area contributed by atoms with Gasteiger partial charge in [0.15, 0.2) is 6.61 Å². The third-order valence-corrected chi connectivity index (χ3v) is 6.91. The number of hydrogen-bond acceptors (Lipinski definition) is 5.